The normalized spacial score (nSPS) is 15.6. The molecule has 0 unspecified atom stereocenters. The van der Waals surface area contributed by atoms with Crippen LogP contribution in [-0.2, 0) is 5.41 Å². The number of aromatic nitrogens is 1. The fourth-order valence-corrected chi connectivity index (χ4v) is 3.45. The van der Waals surface area contributed by atoms with Gasteiger partial charge in [0.1, 0.15) is 5.75 Å². The fourth-order valence-electron chi connectivity index (χ4n) is 3.45. The van der Waals surface area contributed by atoms with Crippen molar-refractivity contribution >= 4 is 22.4 Å². The first-order chi connectivity index (χ1) is 10.4. The van der Waals surface area contributed by atoms with Gasteiger partial charge in [0.15, 0.2) is 5.78 Å². The van der Waals surface area contributed by atoms with E-state index in [-0.39, 0.29) is 16.9 Å². The van der Waals surface area contributed by atoms with Crippen molar-refractivity contribution in [3.05, 3.63) is 58.8 Å². The van der Waals surface area contributed by atoms with Crippen LogP contribution in [0.1, 0.15) is 41.0 Å². The van der Waals surface area contributed by atoms with E-state index in [1.807, 2.05) is 18.2 Å². The second kappa shape index (κ2) is 3.91. The van der Waals surface area contributed by atoms with Crippen LogP contribution < -0.4 is 5.73 Å². The minimum Gasteiger partial charge on any atom is -0.508 e. The zero-order valence-corrected chi connectivity index (χ0v) is 12.4. The highest BCUT2D eigenvalue weighted by atomic mass is 16.3. The number of aromatic hydroxyl groups is 1. The molecule has 1 aromatic heterocycles. The Morgan fingerprint density at radius 2 is 1.91 bits per heavy atom. The van der Waals surface area contributed by atoms with Gasteiger partial charge in [0.25, 0.3) is 0 Å². The van der Waals surface area contributed by atoms with Crippen molar-refractivity contribution in [2.45, 2.75) is 19.3 Å². The maximum Gasteiger partial charge on any atom is 0.195 e. The molecule has 1 aliphatic carbocycles. The number of carbonyl (C=O) groups excluding carboxylic acids is 1. The maximum atomic E-state index is 12.9. The van der Waals surface area contributed by atoms with E-state index in [4.69, 9.17) is 5.73 Å². The molecule has 0 amide bonds. The third-order valence-corrected chi connectivity index (χ3v) is 4.60. The van der Waals surface area contributed by atoms with Gasteiger partial charge >= 0.3 is 0 Å². The number of hydrogen-bond donors (Lipinski definition) is 3. The van der Waals surface area contributed by atoms with E-state index >= 15 is 0 Å². The van der Waals surface area contributed by atoms with E-state index in [1.165, 1.54) is 0 Å². The van der Waals surface area contributed by atoms with E-state index in [0.717, 1.165) is 22.2 Å². The molecule has 1 aliphatic rings. The van der Waals surface area contributed by atoms with Crippen molar-refractivity contribution in [3.63, 3.8) is 0 Å². The zero-order valence-electron chi connectivity index (χ0n) is 12.4. The van der Waals surface area contributed by atoms with E-state index < -0.39 is 0 Å². The van der Waals surface area contributed by atoms with Crippen molar-refractivity contribution in [3.8, 4) is 5.75 Å². The van der Waals surface area contributed by atoms with Gasteiger partial charge in [0, 0.05) is 33.3 Å². The number of nitrogens with one attached hydrogen (secondary N) is 1. The molecule has 0 saturated carbocycles. The van der Waals surface area contributed by atoms with Crippen molar-refractivity contribution in [1.82, 2.24) is 4.98 Å². The highest BCUT2D eigenvalue weighted by Crippen LogP contribution is 2.44. The second-order valence-electron chi connectivity index (χ2n) is 6.36. The number of nitrogens with two attached hydrogens (primary N) is 1. The summed E-state index contributed by atoms with van der Waals surface area (Å²) in [6, 6.07) is 10.5. The molecule has 0 radical (unpaired) electrons. The molecule has 4 heteroatoms. The molecule has 0 aliphatic heterocycles. The molecular formula is C18H16N2O2. The Morgan fingerprint density at radius 1 is 1.14 bits per heavy atom. The second-order valence-corrected chi connectivity index (χ2v) is 6.36. The van der Waals surface area contributed by atoms with Crippen LogP contribution in [0.5, 0.6) is 5.75 Å². The van der Waals surface area contributed by atoms with Crippen LogP contribution >= 0.6 is 0 Å². The number of anilines is 1. The Kier molecular flexibility index (Phi) is 2.30. The lowest BCUT2D eigenvalue weighted by Gasteiger charge is -2.32. The topological polar surface area (TPSA) is 79.1 Å². The van der Waals surface area contributed by atoms with Crippen LogP contribution in [0.15, 0.2) is 36.4 Å². The number of benzene rings is 2. The number of hydrogen-bond acceptors (Lipinski definition) is 3. The number of carbonyl (C=O) groups is 1. The summed E-state index contributed by atoms with van der Waals surface area (Å²) in [5, 5.41) is 10.6. The van der Waals surface area contributed by atoms with Crippen molar-refractivity contribution < 1.29 is 9.90 Å². The summed E-state index contributed by atoms with van der Waals surface area (Å²) in [6.45, 7) is 4.15. The molecule has 0 spiro atoms. The third-order valence-electron chi connectivity index (χ3n) is 4.60. The number of aromatic amines is 1. The summed E-state index contributed by atoms with van der Waals surface area (Å²) in [7, 11) is 0. The van der Waals surface area contributed by atoms with Gasteiger partial charge in [-0.1, -0.05) is 26.0 Å². The van der Waals surface area contributed by atoms with Crippen LogP contribution in [0.2, 0.25) is 0 Å². The summed E-state index contributed by atoms with van der Waals surface area (Å²) in [4.78, 5) is 16.3. The first-order valence-corrected chi connectivity index (χ1v) is 7.19. The molecule has 1 heterocycles. The Morgan fingerprint density at radius 3 is 2.68 bits per heavy atom. The molecule has 0 bridgehead atoms. The van der Waals surface area contributed by atoms with Crippen LogP contribution in [0.4, 0.5) is 5.69 Å². The number of fused-ring (bicyclic) bond motifs is 4. The molecular weight excluding hydrogens is 276 g/mol. The highest BCUT2D eigenvalue weighted by Gasteiger charge is 2.39. The van der Waals surface area contributed by atoms with Crippen molar-refractivity contribution in [2.75, 3.05) is 5.73 Å². The highest BCUT2D eigenvalue weighted by molar-refractivity contribution is 6.20. The molecule has 22 heavy (non-hydrogen) atoms. The average molecular weight is 292 g/mol. The third kappa shape index (κ3) is 1.49. The fraction of sp³-hybridized carbons (Fsp3) is 0.167. The van der Waals surface area contributed by atoms with E-state index in [9.17, 15) is 9.90 Å². The molecule has 4 nitrogen and oxygen atoms in total. The van der Waals surface area contributed by atoms with Gasteiger partial charge in [-0.3, -0.25) is 4.79 Å². The minimum atomic E-state index is -0.347. The summed E-state index contributed by atoms with van der Waals surface area (Å²) in [5.41, 5.74) is 10.1. The van der Waals surface area contributed by atoms with Gasteiger partial charge in [-0.05, 0) is 29.8 Å². The van der Waals surface area contributed by atoms with E-state index in [0.29, 0.717) is 16.8 Å². The van der Waals surface area contributed by atoms with Crippen LogP contribution in [0, 0.1) is 0 Å². The number of ketones is 1. The summed E-state index contributed by atoms with van der Waals surface area (Å²) in [6.07, 6.45) is 0. The molecule has 0 atom stereocenters. The Labute approximate surface area is 127 Å². The first-order valence-electron chi connectivity index (χ1n) is 7.19. The number of H-pyrrole nitrogens is 1. The largest absolute Gasteiger partial charge is 0.508 e. The Hall–Kier alpha value is -2.75. The predicted octanol–water partition coefficient (Wildman–Crippen LogP) is 3.33. The zero-order chi connectivity index (χ0) is 15.6. The lowest BCUT2D eigenvalue weighted by atomic mass is 9.71. The van der Waals surface area contributed by atoms with Gasteiger partial charge in [0.05, 0.1) is 5.56 Å². The first kappa shape index (κ1) is 13.0. The van der Waals surface area contributed by atoms with E-state index in [1.54, 1.807) is 18.2 Å². The van der Waals surface area contributed by atoms with Crippen molar-refractivity contribution in [1.29, 1.82) is 0 Å². The smallest absolute Gasteiger partial charge is 0.195 e. The number of rotatable bonds is 0. The molecule has 110 valence electrons. The quantitative estimate of drug-likeness (QED) is 0.556. The Bertz CT molecular complexity index is 951. The monoisotopic (exact) mass is 292 g/mol. The van der Waals surface area contributed by atoms with Gasteiger partial charge in [-0.2, -0.15) is 0 Å². The lowest BCUT2D eigenvalue weighted by molar-refractivity contribution is 0.103. The molecule has 0 saturated heterocycles. The maximum absolute atomic E-state index is 12.9. The van der Waals surface area contributed by atoms with Gasteiger partial charge in [-0.25, -0.2) is 0 Å². The van der Waals surface area contributed by atoms with Crippen LogP contribution in [-0.4, -0.2) is 15.9 Å². The predicted molar refractivity (Wildman–Crippen MR) is 86.4 cm³/mol. The molecule has 4 rings (SSSR count). The Balaban J connectivity index is 2.12. The number of nitrogen functional groups attached to an aromatic ring is 1. The minimum absolute atomic E-state index is 0.0590. The van der Waals surface area contributed by atoms with Gasteiger partial charge in [-0.15, -0.1) is 0 Å². The average Bonchev–Trinajstić information content (AvgIpc) is 2.84. The lowest BCUT2D eigenvalue weighted by Crippen LogP contribution is -2.30. The van der Waals surface area contributed by atoms with Crippen LogP contribution in [0.3, 0.4) is 0 Å². The summed E-state index contributed by atoms with van der Waals surface area (Å²) >= 11 is 0. The van der Waals surface area contributed by atoms with Gasteiger partial charge in [0.2, 0.25) is 0 Å². The van der Waals surface area contributed by atoms with Gasteiger partial charge < -0.3 is 15.8 Å². The van der Waals surface area contributed by atoms with Crippen molar-refractivity contribution in [2.24, 2.45) is 0 Å². The SMILES string of the molecule is CC1(C)c2ccc(O)cc2C(=O)c2c1[nH]c1cc(N)ccc21. The molecule has 3 aromatic rings. The van der Waals surface area contributed by atoms with E-state index in [2.05, 4.69) is 18.8 Å². The molecule has 0 fully saturated rings. The number of phenols is 1. The summed E-state index contributed by atoms with van der Waals surface area (Å²) < 4.78 is 0. The number of phenolic OH excluding ortho intramolecular Hbond substituents is 1. The summed E-state index contributed by atoms with van der Waals surface area (Å²) in [5.74, 6) is 0.0479. The van der Waals surface area contributed by atoms with Crippen LogP contribution in [0.25, 0.3) is 10.9 Å². The molecule has 4 N–H and O–H groups in total. The standard InChI is InChI=1S/C18H16N2O2/c1-18(2)13-6-4-10(21)8-12(13)16(22)15-11-5-3-9(19)7-14(11)20-17(15)18/h3-8,20-21H,19H2,1-2H3. The molecule has 2 aromatic carbocycles.